The first kappa shape index (κ1) is 29.4. The summed E-state index contributed by atoms with van der Waals surface area (Å²) in [5, 5.41) is 58.8. The van der Waals surface area contributed by atoms with E-state index < -0.39 is 61.5 Å². The van der Waals surface area contributed by atoms with Gasteiger partial charge in [-0.1, -0.05) is 12.1 Å². The van der Waals surface area contributed by atoms with Crippen molar-refractivity contribution < 1.29 is 63.9 Å². The smallest absolute Gasteiger partial charge is 0.337 e. The highest BCUT2D eigenvalue weighted by Gasteiger charge is 2.46. The van der Waals surface area contributed by atoms with Gasteiger partial charge < -0.3 is 54.3 Å². The zero-order valence-corrected chi connectivity index (χ0v) is 20.8. The van der Waals surface area contributed by atoms with Crippen molar-refractivity contribution in [3.8, 4) is 11.5 Å². The monoisotopic (exact) mass is 540 g/mol. The molecule has 0 unspecified atom stereocenters. The van der Waals surface area contributed by atoms with E-state index in [4.69, 9.17) is 23.7 Å². The van der Waals surface area contributed by atoms with Crippen LogP contribution >= 0.6 is 0 Å². The van der Waals surface area contributed by atoms with Crippen molar-refractivity contribution in [1.29, 1.82) is 0 Å². The van der Waals surface area contributed by atoms with E-state index in [1.165, 1.54) is 12.1 Å². The molecule has 0 bridgehead atoms. The number of hydrogen-bond donors (Lipinski definition) is 6. The Morgan fingerprint density at radius 2 is 1.82 bits per heavy atom. The molecule has 0 amide bonds. The number of phenols is 2. The van der Waals surface area contributed by atoms with Crippen molar-refractivity contribution in [3.05, 3.63) is 47.2 Å². The van der Waals surface area contributed by atoms with Crippen LogP contribution in [0.25, 0.3) is 0 Å². The van der Waals surface area contributed by atoms with Crippen LogP contribution in [-0.2, 0) is 39.7 Å². The number of benzene rings is 1. The van der Waals surface area contributed by atoms with E-state index in [0.717, 1.165) is 13.4 Å². The molecule has 0 spiro atoms. The second kappa shape index (κ2) is 13.0. The zero-order valence-electron chi connectivity index (χ0n) is 20.8. The fraction of sp³-hybridized carbons (Fsp3) is 0.520. The van der Waals surface area contributed by atoms with Gasteiger partial charge in [-0.2, -0.15) is 0 Å². The highest BCUT2D eigenvalue weighted by atomic mass is 16.8. The third-order valence-electron chi connectivity index (χ3n) is 6.29. The number of carbonyl (C=O) groups is 2. The average molecular weight is 541 g/mol. The Morgan fingerprint density at radius 1 is 1.08 bits per heavy atom. The summed E-state index contributed by atoms with van der Waals surface area (Å²) in [6.45, 7) is 0.912. The van der Waals surface area contributed by atoms with E-state index in [0.29, 0.717) is 11.1 Å². The van der Waals surface area contributed by atoms with Crippen molar-refractivity contribution >= 4 is 11.9 Å². The summed E-state index contributed by atoms with van der Waals surface area (Å²) >= 11 is 0. The maximum absolute atomic E-state index is 12.7. The summed E-state index contributed by atoms with van der Waals surface area (Å²) in [6, 6.07) is 4.23. The third kappa shape index (κ3) is 6.62. The second-order valence-corrected chi connectivity index (χ2v) is 8.71. The molecule has 7 atom stereocenters. The first-order valence-corrected chi connectivity index (χ1v) is 11.8. The van der Waals surface area contributed by atoms with Gasteiger partial charge in [-0.3, -0.25) is 4.79 Å². The molecule has 0 aromatic heterocycles. The Kier molecular flexibility index (Phi) is 10.1. The summed E-state index contributed by atoms with van der Waals surface area (Å²) in [5.74, 6) is -2.89. The number of methoxy groups -OCH3 is 1. The summed E-state index contributed by atoms with van der Waals surface area (Å²) in [5.41, 5.74) is 0.927. The molecular formula is C25H32O13. The number of phenolic OH excluding ortho intramolecular Hbond substituents is 2. The number of hydrogen-bond acceptors (Lipinski definition) is 13. The molecule has 1 fully saturated rings. The van der Waals surface area contributed by atoms with Crippen molar-refractivity contribution in [1.82, 2.24) is 0 Å². The van der Waals surface area contributed by atoms with E-state index >= 15 is 0 Å². The molecule has 2 aliphatic rings. The summed E-state index contributed by atoms with van der Waals surface area (Å²) < 4.78 is 26.7. The second-order valence-electron chi connectivity index (χ2n) is 8.71. The average Bonchev–Trinajstić information content (AvgIpc) is 2.90. The molecule has 1 saturated heterocycles. The Labute approximate surface area is 218 Å². The van der Waals surface area contributed by atoms with Crippen LogP contribution in [-0.4, -0.2) is 99.9 Å². The zero-order chi connectivity index (χ0) is 28.0. The van der Waals surface area contributed by atoms with Crippen molar-refractivity contribution in [3.63, 3.8) is 0 Å². The van der Waals surface area contributed by atoms with Gasteiger partial charge >= 0.3 is 11.9 Å². The van der Waals surface area contributed by atoms with Gasteiger partial charge in [0.1, 0.15) is 24.4 Å². The SMILES string of the molecule is C/C=C1\[C@H](O[C@H]2O[C@@H](CO)[C@H](O)[C@@H](O)[C@@H]2O)OC=C(C(=O)OC)[C@@H]1CC(=O)OCCc1ccc(O)c(O)c1. The normalized spacial score (nSPS) is 30.3. The first-order chi connectivity index (χ1) is 18.1. The predicted octanol–water partition coefficient (Wildman–Crippen LogP) is -0.634. The van der Waals surface area contributed by atoms with Gasteiger partial charge in [0.15, 0.2) is 17.8 Å². The standard InChI is InChI=1S/C25H32O13/c1-3-13-14(9-19(29)35-7-6-12-4-5-16(27)17(28)8-12)15(23(33)34-2)11-36-24(13)38-25-22(32)21(31)20(30)18(10-26)37-25/h3-5,8,11,14,18,20-22,24-28,30-32H,6-7,9-10H2,1-2H3/b13-3-/t14-,18+,20+,21-,22+,24+,25-/m1/s1. The van der Waals surface area contributed by atoms with Crippen molar-refractivity contribution in [2.45, 2.75) is 56.8 Å². The van der Waals surface area contributed by atoms with E-state index in [1.807, 2.05) is 0 Å². The van der Waals surface area contributed by atoms with Crippen molar-refractivity contribution in [2.75, 3.05) is 20.3 Å². The maximum Gasteiger partial charge on any atom is 0.337 e. The molecule has 0 aliphatic carbocycles. The molecule has 210 valence electrons. The van der Waals surface area contributed by atoms with Gasteiger partial charge in [0.25, 0.3) is 0 Å². The van der Waals surface area contributed by atoms with Crippen LogP contribution in [0, 0.1) is 5.92 Å². The number of aromatic hydroxyl groups is 2. The molecule has 0 saturated carbocycles. The molecule has 6 N–H and O–H groups in total. The lowest BCUT2D eigenvalue weighted by Crippen LogP contribution is -2.60. The minimum atomic E-state index is -1.69. The minimum absolute atomic E-state index is 0.00894. The van der Waals surface area contributed by atoms with Crippen LogP contribution in [0.3, 0.4) is 0 Å². The molecule has 13 heteroatoms. The maximum atomic E-state index is 12.7. The van der Waals surface area contributed by atoms with Gasteiger partial charge in [0.05, 0.1) is 38.6 Å². The van der Waals surface area contributed by atoms with Crippen LogP contribution in [0.5, 0.6) is 11.5 Å². The van der Waals surface area contributed by atoms with E-state index in [9.17, 15) is 40.2 Å². The Bertz CT molecular complexity index is 1050. The molecule has 2 heterocycles. The summed E-state index contributed by atoms with van der Waals surface area (Å²) in [7, 11) is 1.16. The number of ether oxygens (including phenoxy) is 5. The number of aliphatic hydroxyl groups excluding tert-OH is 4. The van der Waals surface area contributed by atoms with Crippen molar-refractivity contribution in [2.24, 2.45) is 5.92 Å². The summed E-state index contributed by atoms with van der Waals surface area (Å²) in [6.07, 6.45) is -6.39. The molecule has 3 rings (SSSR count). The molecule has 38 heavy (non-hydrogen) atoms. The van der Waals surface area contributed by atoms with Gasteiger partial charge in [0, 0.05) is 17.9 Å². The van der Waals surface area contributed by atoms with Crippen LogP contribution in [0.2, 0.25) is 0 Å². The number of aliphatic hydroxyl groups is 4. The van der Waals surface area contributed by atoms with Gasteiger partial charge in [-0.25, -0.2) is 4.79 Å². The lowest BCUT2D eigenvalue weighted by molar-refractivity contribution is -0.327. The van der Waals surface area contributed by atoms with Crippen LogP contribution in [0.15, 0.2) is 41.7 Å². The Morgan fingerprint density at radius 3 is 2.45 bits per heavy atom. The van der Waals surface area contributed by atoms with E-state index in [1.54, 1.807) is 19.1 Å². The fourth-order valence-electron chi connectivity index (χ4n) is 4.16. The van der Waals surface area contributed by atoms with Crippen LogP contribution < -0.4 is 0 Å². The van der Waals surface area contributed by atoms with Gasteiger partial charge in [-0.05, 0) is 24.6 Å². The van der Waals surface area contributed by atoms with Gasteiger partial charge in [-0.15, -0.1) is 0 Å². The molecule has 13 nitrogen and oxygen atoms in total. The fourth-order valence-corrected chi connectivity index (χ4v) is 4.16. The highest BCUT2D eigenvalue weighted by molar-refractivity contribution is 5.90. The topological polar surface area (TPSA) is 202 Å². The number of rotatable bonds is 9. The number of allylic oxidation sites excluding steroid dienone is 1. The number of carbonyl (C=O) groups excluding carboxylic acids is 2. The quantitative estimate of drug-likeness (QED) is 0.131. The van der Waals surface area contributed by atoms with Crippen LogP contribution in [0.4, 0.5) is 0 Å². The molecular weight excluding hydrogens is 508 g/mol. The first-order valence-electron chi connectivity index (χ1n) is 11.8. The molecule has 1 aromatic rings. The highest BCUT2D eigenvalue weighted by Crippen LogP contribution is 2.36. The Hall–Kier alpha value is -3.20. The minimum Gasteiger partial charge on any atom is -0.504 e. The number of esters is 2. The van der Waals surface area contributed by atoms with Gasteiger partial charge in [0.2, 0.25) is 6.29 Å². The molecule has 1 aromatic carbocycles. The lowest BCUT2D eigenvalue weighted by Gasteiger charge is -2.41. The largest absolute Gasteiger partial charge is 0.504 e. The predicted molar refractivity (Wildman–Crippen MR) is 126 cm³/mol. The van der Waals surface area contributed by atoms with E-state index in [2.05, 4.69) is 0 Å². The Balaban J connectivity index is 1.71. The summed E-state index contributed by atoms with van der Waals surface area (Å²) in [4.78, 5) is 25.1. The van der Waals surface area contributed by atoms with E-state index in [-0.39, 0.29) is 36.5 Å². The third-order valence-corrected chi connectivity index (χ3v) is 6.29. The van der Waals surface area contributed by atoms with Crippen LogP contribution in [0.1, 0.15) is 18.9 Å². The molecule has 0 radical (unpaired) electrons. The lowest BCUT2D eigenvalue weighted by atomic mass is 9.86. The molecule has 2 aliphatic heterocycles.